The molecule has 0 aromatic rings. The van der Waals surface area contributed by atoms with Gasteiger partial charge in [-0.2, -0.15) is 13.2 Å². The van der Waals surface area contributed by atoms with E-state index in [1.54, 1.807) is 0 Å². The molecule has 0 aliphatic carbocycles. The van der Waals surface area contributed by atoms with Gasteiger partial charge in [0.15, 0.2) is 0 Å². The summed E-state index contributed by atoms with van der Waals surface area (Å²) in [5, 5.41) is 11.2. The number of carbonyl (C=O) groups excluding carboxylic acids is 1. The average molecular weight is 255 g/mol. The predicted molar refractivity (Wildman–Crippen MR) is 54.6 cm³/mol. The molecule has 0 radical (unpaired) electrons. The van der Waals surface area contributed by atoms with Gasteiger partial charge in [0.1, 0.15) is 0 Å². The van der Waals surface area contributed by atoms with Crippen molar-refractivity contribution in [1.29, 1.82) is 0 Å². The molecule has 17 heavy (non-hydrogen) atoms. The van der Waals surface area contributed by atoms with E-state index in [0.29, 0.717) is 13.1 Å². The number of hydrogen-bond donors (Lipinski definition) is 2. The lowest BCUT2D eigenvalue weighted by molar-refractivity contribution is -0.146. The zero-order valence-corrected chi connectivity index (χ0v) is 9.33. The second-order valence-corrected chi connectivity index (χ2v) is 3.83. The van der Waals surface area contributed by atoms with Crippen molar-refractivity contribution in [3.63, 3.8) is 0 Å². The molecule has 0 spiro atoms. The van der Waals surface area contributed by atoms with Crippen LogP contribution in [0, 0.1) is 0 Å². The fourth-order valence-corrected chi connectivity index (χ4v) is 1.65. The summed E-state index contributed by atoms with van der Waals surface area (Å²) in [4.78, 5) is 13.7. The van der Waals surface area contributed by atoms with Gasteiger partial charge >= 0.3 is 12.2 Å². The molecule has 0 saturated carbocycles. The van der Waals surface area contributed by atoms with Crippen molar-refractivity contribution >= 4 is 6.03 Å². The smallest absolute Gasteiger partial charge is 0.395 e. The molecule has 1 aliphatic rings. The largest absolute Gasteiger partial charge is 0.401 e. The van der Waals surface area contributed by atoms with Crippen LogP contribution >= 0.6 is 0 Å². The molecular formula is C9H16F3N3O2. The van der Waals surface area contributed by atoms with Gasteiger partial charge in [-0.05, 0) is 0 Å². The zero-order valence-electron chi connectivity index (χ0n) is 9.33. The summed E-state index contributed by atoms with van der Waals surface area (Å²) in [6, 6.07) is -0.249. The number of aliphatic hydroxyl groups excluding tert-OH is 1. The Morgan fingerprint density at radius 2 is 2.12 bits per heavy atom. The van der Waals surface area contributed by atoms with Gasteiger partial charge in [-0.15, -0.1) is 0 Å². The summed E-state index contributed by atoms with van der Waals surface area (Å²) >= 11 is 0. The number of hydrogen-bond acceptors (Lipinski definition) is 3. The Morgan fingerprint density at radius 1 is 1.41 bits per heavy atom. The van der Waals surface area contributed by atoms with Gasteiger partial charge in [0, 0.05) is 32.7 Å². The third kappa shape index (κ3) is 5.22. The van der Waals surface area contributed by atoms with E-state index in [9.17, 15) is 18.0 Å². The Kier molecular flexibility index (Phi) is 5.01. The summed E-state index contributed by atoms with van der Waals surface area (Å²) in [7, 11) is 0. The van der Waals surface area contributed by atoms with Crippen molar-refractivity contribution in [3.05, 3.63) is 0 Å². The number of rotatable bonds is 6. The predicted octanol–water partition coefficient (Wildman–Crippen LogP) is -0.132. The molecule has 1 heterocycles. The van der Waals surface area contributed by atoms with Crippen LogP contribution in [0.15, 0.2) is 0 Å². The van der Waals surface area contributed by atoms with E-state index in [1.165, 1.54) is 4.90 Å². The van der Waals surface area contributed by atoms with E-state index in [-0.39, 0.29) is 32.3 Å². The first-order chi connectivity index (χ1) is 7.92. The normalized spacial score (nSPS) is 16.8. The summed E-state index contributed by atoms with van der Waals surface area (Å²) < 4.78 is 36.6. The third-order valence-electron chi connectivity index (χ3n) is 2.45. The molecule has 8 heteroatoms. The summed E-state index contributed by atoms with van der Waals surface area (Å²) in [5.41, 5.74) is 0. The van der Waals surface area contributed by atoms with Gasteiger partial charge in [-0.25, -0.2) is 4.79 Å². The van der Waals surface area contributed by atoms with Gasteiger partial charge < -0.3 is 15.3 Å². The average Bonchev–Trinajstić information content (AvgIpc) is 2.59. The first-order valence-corrected chi connectivity index (χ1v) is 5.35. The monoisotopic (exact) mass is 255 g/mol. The molecule has 2 N–H and O–H groups in total. The summed E-state index contributed by atoms with van der Waals surface area (Å²) in [6.45, 7) is -0.0639. The van der Waals surface area contributed by atoms with E-state index in [0.717, 1.165) is 4.90 Å². The highest BCUT2D eigenvalue weighted by molar-refractivity contribution is 5.76. The fraction of sp³-hybridized carbons (Fsp3) is 0.889. The highest BCUT2D eigenvalue weighted by Gasteiger charge is 2.31. The number of nitrogens with zero attached hydrogens (tertiary/aromatic N) is 2. The molecular weight excluding hydrogens is 239 g/mol. The quantitative estimate of drug-likeness (QED) is 0.695. The van der Waals surface area contributed by atoms with Gasteiger partial charge in [-0.3, -0.25) is 4.90 Å². The number of aliphatic hydroxyl groups is 1. The number of carbonyl (C=O) groups is 1. The van der Waals surface area contributed by atoms with Crippen LogP contribution in [0.1, 0.15) is 0 Å². The zero-order chi connectivity index (χ0) is 12.9. The Bertz CT molecular complexity index is 260. The Labute approximate surface area is 97.2 Å². The topological polar surface area (TPSA) is 55.8 Å². The standard InChI is InChI=1S/C9H16F3N3O2/c10-9(11,12)7-14(5-6-16)3-4-15-2-1-13-8(15)17/h16H,1-7H2,(H,13,17). The molecule has 1 rings (SSSR count). The second kappa shape index (κ2) is 6.06. The molecule has 1 fully saturated rings. The van der Waals surface area contributed by atoms with Crippen molar-refractivity contribution in [2.75, 3.05) is 45.9 Å². The number of urea groups is 1. The van der Waals surface area contributed by atoms with E-state index >= 15 is 0 Å². The van der Waals surface area contributed by atoms with Crippen molar-refractivity contribution in [2.24, 2.45) is 0 Å². The molecule has 0 bridgehead atoms. The Morgan fingerprint density at radius 3 is 2.59 bits per heavy atom. The maximum absolute atomic E-state index is 12.2. The van der Waals surface area contributed by atoms with Crippen LogP contribution in [0.3, 0.4) is 0 Å². The van der Waals surface area contributed by atoms with Crippen LogP contribution in [0.25, 0.3) is 0 Å². The molecule has 1 saturated heterocycles. The molecule has 0 atom stereocenters. The number of amides is 2. The molecule has 0 aromatic carbocycles. The van der Waals surface area contributed by atoms with Crippen LogP contribution in [-0.4, -0.2) is 73.0 Å². The van der Waals surface area contributed by atoms with Gasteiger partial charge in [0.2, 0.25) is 0 Å². The van der Waals surface area contributed by atoms with E-state index in [2.05, 4.69) is 5.32 Å². The van der Waals surface area contributed by atoms with Gasteiger partial charge in [-0.1, -0.05) is 0 Å². The SMILES string of the molecule is O=C1NCCN1CCN(CCO)CC(F)(F)F. The van der Waals surface area contributed by atoms with E-state index < -0.39 is 12.7 Å². The first kappa shape index (κ1) is 14.0. The van der Waals surface area contributed by atoms with Crippen LogP contribution in [0.5, 0.6) is 0 Å². The van der Waals surface area contributed by atoms with Gasteiger partial charge in [0.25, 0.3) is 0 Å². The van der Waals surface area contributed by atoms with Crippen molar-refractivity contribution < 1.29 is 23.1 Å². The molecule has 0 unspecified atom stereocenters. The number of alkyl halides is 3. The van der Waals surface area contributed by atoms with Crippen LogP contribution in [-0.2, 0) is 0 Å². The van der Waals surface area contributed by atoms with Gasteiger partial charge in [0.05, 0.1) is 13.2 Å². The first-order valence-electron chi connectivity index (χ1n) is 5.35. The lowest BCUT2D eigenvalue weighted by Gasteiger charge is -2.25. The second-order valence-electron chi connectivity index (χ2n) is 3.83. The Balaban J connectivity index is 2.35. The highest BCUT2D eigenvalue weighted by atomic mass is 19.4. The minimum absolute atomic E-state index is 0.0467. The minimum atomic E-state index is -4.29. The van der Waals surface area contributed by atoms with Crippen molar-refractivity contribution in [1.82, 2.24) is 15.1 Å². The van der Waals surface area contributed by atoms with Crippen LogP contribution in [0.2, 0.25) is 0 Å². The number of nitrogens with one attached hydrogen (secondary N) is 1. The van der Waals surface area contributed by atoms with Crippen molar-refractivity contribution in [2.45, 2.75) is 6.18 Å². The molecule has 1 aliphatic heterocycles. The lowest BCUT2D eigenvalue weighted by Crippen LogP contribution is -2.42. The Hall–Kier alpha value is -1.02. The maximum Gasteiger partial charge on any atom is 0.401 e. The maximum atomic E-state index is 12.2. The highest BCUT2D eigenvalue weighted by Crippen LogP contribution is 2.16. The summed E-state index contributed by atoms with van der Waals surface area (Å²) in [5.74, 6) is 0. The van der Waals surface area contributed by atoms with Crippen LogP contribution in [0.4, 0.5) is 18.0 Å². The van der Waals surface area contributed by atoms with E-state index in [4.69, 9.17) is 5.11 Å². The van der Waals surface area contributed by atoms with E-state index in [1.807, 2.05) is 0 Å². The fourth-order valence-electron chi connectivity index (χ4n) is 1.65. The number of halogens is 3. The lowest BCUT2D eigenvalue weighted by atomic mass is 10.4. The summed E-state index contributed by atoms with van der Waals surface area (Å²) in [6.07, 6.45) is -4.29. The minimum Gasteiger partial charge on any atom is -0.395 e. The molecule has 0 aromatic heterocycles. The molecule has 5 nitrogen and oxygen atoms in total. The molecule has 100 valence electrons. The molecule has 2 amide bonds. The van der Waals surface area contributed by atoms with Crippen molar-refractivity contribution in [3.8, 4) is 0 Å². The van der Waals surface area contributed by atoms with Crippen LogP contribution < -0.4 is 5.32 Å². The third-order valence-corrected chi connectivity index (χ3v) is 2.45.